The van der Waals surface area contributed by atoms with Gasteiger partial charge in [-0.05, 0) is 42.9 Å². The molecule has 1 heterocycles. The second-order valence-corrected chi connectivity index (χ2v) is 6.72. The van der Waals surface area contributed by atoms with Gasteiger partial charge in [0, 0.05) is 19.9 Å². The highest BCUT2D eigenvalue weighted by Gasteiger charge is 2.28. The van der Waals surface area contributed by atoms with Crippen LogP contribution in [0, 0.1) is 5.92 Å². The Kier molecular flexibility index (Phi) is 6.56. The van der Waals surface area contributed by atoms with Crippen LogP contribution in [0.4, 0.5) is 0 Å². The van der Waals surface area contributed by atoms with E-state index < -0.39 is 6.10 Å². The average Bonchev–Trinajstić information content (AvgIpc) is 2.70. The molecule has 0 bridgehead atoms. The lowest BCUT2D eigenvalue weighted by atomic mass is 9.93. The zero-order valence-electron chi connectivity index (χ0n) is 15.3. The number of hydrogen-bond donors (Lipinski definition) is 0. The van der Waals surface area contributed by atoms with Gasteiger partial charge in [0.25, 0.3) is 5.91 Å². The number of allylic oxidation sites excluding steroid dienone is 2. The van der Waals surface area contributed by atoms with Crippen LogP contribution in [0.25, 0.3) is 0 Å². The van der Waals surface area contributed by atoms with Crippen molar-refractivity contribution in [1.29, 1.82) is 0 Å². The number of carbonyl (C=O) groups excluding carboxylic acids is 1. The van der Waals surface area contributed by atoms with Gasteiger partial charge in [0.05, 0.1) is 12.2 Å². The standard InChI is InChI=1S/C22H26N2O2/c1-26-21(19-12-6-3-7-13-19)22(25)24(16-18-10-4-2-5-11-18)17-20-14-8-9-15-23-20/h2-4,6-9,12-15,18,21H,5,10-11,16-17H2,1H3. The smallest absolute Gasteiger partial charge is 0.256 e. The lowest BCUT2D eigenvalue weighted by molar-refractivity contribution is -0.144. The number of methoxy groups -OCH3 is 1. The molecule has 1 aliphatic rings. The maximum atomic E-state index is 13.3. The number of ether oxygens (including phenoxy) is 1. The topological polar surface area (TPSA) is 42.4 Å². The third-order valence-corrected chi connectivity index (χ3v) is 4.81. The predicted octanol–water partition coefficient (Wildman–Crippen LogP) is 4.15. The number of nitrogens with zero attached hydrogens (tertiary/aromatic N) is 2. The molecule has 0 aliphatic heterocycles. The van der Waals surface area contributed by atoms with E-state index >= 15 is 0 Å². The Morgan fingerprint density at radius 1 is 1.19 bits per heavy atom. The van der Waals surface area contributed by atoms with Crippen molar-refractivity contribution in [3.63, 3.8) is 0 Å². The molecule has 4 heteroatoms. The van der Waals surface area contributed by atoms with E-state index in [1.807, 2.05) is 53.4 Å². The summed E-state index contributed by atoms with van der Waals surface area (Å²) in [7, 11) is 1.60. The highest BCUT2D eigenvalue weighted by Crippen LogP contribution is 2.24. The van der Waals surface area contributed by atoms with Crippen molar-refractivity contribution in [2.75, 3.05) is 13.7 Å². The SMILES string of the molecule is COC(C(=O)N(Cc1ccccn1)CC1CC=CCC1)c1ccccc1. The molecule has 2 unspecified atom stereocenters. The van der Waals surface area contributed by atoms with Gasteiger partial charge in [-0.1, -0.05) is 48.6 Å². The summed E-state index contributed by atoms with van der Waals surface area (Å²) in [6.07, 6.45) is 8.86. The van der Waals surface area contributed by atoms with Crippen molar-refractivity contribution in [2.45, 2.75) is 31.9 Å². The van der Waals surface area contributed by atoms with E-state index in [0.29, 0.717) is 12.5 Å². The van der Waals surface area contributed by atoms with Gasteiger partial charge >= 0.3 is 0 Å². The zero-order chi connectivity index (χ0) is 18.2. The average molecular weight is 350 g/mol. The Hall–Kier alpha value is -2.46. The molecule has 3 rings (SSSR count). The Morgan fingerprint density at radius 2 is 2.00 bits per heavy atom. The first-order chi connectivity index (χ1) is 12.8. The summed E-state index contributed by atoms with van der Waals surface area (Å²) in [6.45, 7) is 1.24. The molecule has 1 aromatic heterocycles. The van der Waals surface area contributed by atoms with E-state index in [1.54, 1.807) is 13.3 Å². The monoisotopic (exact) mass is 350 g/mol. The molecule has 0 N–H and O–H groups in total. The fourth-order valence-electron chi connectivity index (χ4n) is 3.43. The van der Waals surface area contributed by atoms with E-state index in [1.165, 1.54) is 0 Å². The molecule has 136 valence electrons. The first-order valence-electron chi connectivity index (χ1n) is 9.19. The van der Waals surface area contributed by atoms with E-state index in [4.69, 9.17) is 4.74 Å². The van der Waals surface area contributed by atoms with Gasteiger partial charge in [-0.25, -0.2) is 0 Å². The summed E-state index contributed by atoms with van der Waals surface area (Å²) in [5.74, 6) is 0.486. The van der Waals surface area contributed by atoms with Gasteiger partial charge in [0.2, 0.25) is 0 Å². The molecule has 0 radical (unpaired) electrons. The van der Waals surface area contributed by atoms with Crippen molar-refractivity contribution in [1.82, 2.24) is 9.88 Å². The summed E-state index contributed by atoms with van der Waals surface area (Å²) in [5, 5.41) is 0. The van der Waals surface area contributed by atoms with Crippen LogP contribution in [0.5, 0.6) is 0 Å². The van der Waals surface area contributed by atoms with Crippen LogP contribution in [-0.2, 0) is 16.1 Å². The third kappa shape index (κ3) is 4.79. The highest BCUT2D eigenvalue weighted by atomic mass is 16.5. The molecular formula is C22H26N2O2. The maximum absolute atomic E-state index is 13.3. The number of aromatic nitrogens is 1. The van der Waals surface area contributed by atoms with Crippen LogP contribution in [0.2, 0.25) is 0 Å². The molecule has 0 spiro atoms. The normalized spacial score (nSPS) is 17.7. The van der Waals surface area contributed by atoms with Crippen LogP contribution in [0.3, 0.4) is 0 Å². The molecule has 2 atom stereocenters. The minimum absolute atomic E-state index is 0.00101. The van der Waals surface area contributed by atoms with Crippen LogP contribution in [-0.4, -0.2) is 29.4 Å². The van der Waals surface area contributed by atoms with Crippen molar-refractivity contribution in [2.24, 2.45) is 5.92 Å². The van der Waals surface area contributed by atoms with Gasteiger partial charge in [-0.3, -0.25) is 9.78 Å². The van der Waals surface area contributed by atoms with Crippen molar-refractivity contribution < 1.29 is 9.53 Å². The quantitative estimate of drug-likeness (QED) is 0.704. The van der Waals surface area contributed by atoms with Gasteiger partial charge in [0.1, 0.15) is 0 Å². The summed E-state index contributed by atoms with van der Waals surface area (Å²) >= 11 is 0. The fraction of sp³-hybridized carbons (Fsp3) is 0.364. The summed E-state index contributed by atoms with van der Waals surface area (Å²) in [5.41, 5.74) is 1.78. The second kappa shape index (κ2) is 9.30. The van der Waals surface area contributed by atoms with Crippen molar-refractivity contribution >= 4 is 5.91 Å². The molecule has 26 heavy (non-hydrogen) atoms. The fourth-order valence-corrected chi connectivity index (χ4v) is 3.43. The summed E-state index contributed by atoms with van der Waals surface area (Å²) in [6, 6.07) is 15.5. The molecule has 0 fully saturated rings. The molecular weight excluding hydrogens is 324 g/mol. The first-order valence-corrected chi connectivity index (χ1v) is 9.19. The van der Waals surface area contributed by atoms with Crippen LogP contribution in [0.15, 0.2) is 66.9 Å². The molecule has 2 aromatic rings. The lowest BCUT2D eigenvalue weighted by Crippen LogP contribution is -2.39. The maximum Gasteiger partial charge on any atom is 0.256 e. The van der Waals surface area contributed by atoms with Crippen LogP contribution in [0.1, 0.15) is 36.6 Å². The Morgan fingerprint density at radius 3 is 2.65 bits per heavy atom. The summed E-state index contributed by atoms with van der Waals surface area (Å²) in [4.78, 5) is 19.6. The molecule has 1 aliphatic carbocycles. The number of hydrogen-bond acceptors (Lipinski definition) is 3. The van der Waals surface area contributed by atoms with E-state index in [0.717, 1.165) is 37.1 Å². The molecule has 4 nitrogen and oxygen atoms in total. The van der Waals surface area contributed by atoms with E-state index in [-0.39, 0.29) is 5.91 Å². The first kappa shape index (κ1) is 18.3. The second-order valence-electron chi connectivity index (χ2n) is 6.72. The van der Waals surface area contributed by atoms with Crippen LogP contribution >= 0.6 is 0 Å². The third-order valence-electron chi connectivity index (χ3n) is 4.81. The Bertz CT molecular complexity index is 715. The highest BCUT2D eigenvalue weighted by molar-refractivity contribution is 5.82. The van der Waals surface area contributed by atoms with Gasteiger partial charge < -0.3 is 9.64 Å². The van der Waals surface area contributed by atoms with E-state index in [9.17, 15) is 4.79 Å². The lowest BCUT2D eigenvalue weighted by Gasteiger charge is -2.31. The molecule has 0 saturated heterocycles. The number of carbonyl (C=O) groups is 1. The van der Waals surface area contributed by atoms with Crippen LogP contribution < -0.4 is 0 Å². The largest absolute Gasteiger partial charge is 0.367 e. The number of pyridine rings is 1. The van der Waals surface area contributed by atoms with Crippen molar-refractivity contribution in [3.8, 4) is 0 Å². The van der Waals surface area contributed by atoms with E-state index in [2.05, 4.69) is 17.1 Å². The minimum Gasteiger partial charge on any atom is -0.367 e. The number of amides is 1. The van der Waals surface area contributed by atoms with Gasteiger partial charge in [-0.15, -0.1) is 0 Å². The summed E-state index contributed by atoms with van der Waals surface area (Å²) < 4.78 is 5.58. The predicted molar refractivity (Wildman–Crippen MR) is 102 cm³/mol. The van der Waals surface area contributed by atoms with Gasteiger partial charge in [-0.2, -0.15) is 0 Å². The molecule has 0 saturated carbocycles. The number of benzene rings is 1. The minimum atomic E-state index is -0.584. The molecule has 1 amide bonds. The zero-order valence-corrected chi connectivity index (χ0v) is 15.3. The Labute approximate surface area is 155 Å². The molecule has 1 aromatic carbocycles. The van der Waals surface area contributed by atoms with Crippen molar-refractivity contribution in [3.05, 3.63) is 78.1 Å². The number of rotatable bonds is 7. The van der Waals surface area contributed by atoms with Gasteiger partial charge in [0.15, 0.2) is 6.10 Å². The Balaban J connectivity index is 1.80.